The summed E-state index contributed by atoms with van der Waals surface area (Å²) in [6.45, 7) is 15.9. The Labute approximate surface area is 237 Å². The van der Waals surface area contributed by atoms with Gasteiger partial charge in [-0.1, -0.05) is 56.2 Å². The van der Waals surface area contributed by atoms with E-state index in [4.69, 9.17) is 10.7 Å². The molecule has 1 aromatic carbocycles. The summed E-state index contributed by atoms with van der Waals surface area (Å²) in [6, 6.07) is 6.92. The molecule has 40 heavy (non-hydrogen) atoms. The van der Waals surface area contributed by atoms with Gasteiger partial charge in [-0.2, -0.15) is 0 Å². The maximum atomic E-state index is 15.3. The summed E-state index contributed by atoms with van der Waals surface area (Å²) in [5.74, 6) is -2.67. The number of H-pyrrole nitrogens is 1. The van der Waals surface area contributed by atoms with Crippen LogP contribution in [-0.4, -0.2) is 40.4 Å². The van der Waals surface area contributed by atoms with E-state index in [-0.39, 0.29) is 18.7 Å². The van der Waals surface area contributed by atoms with E-state index >= 15 is 4.39 Å². The molecular weight excluding hydrogens is 529 g/mol. The van der Waals surface area contributed by atoms with Crippen molar-refractivity contribution < 1.29 is 13.2 Å². The number of nitrogens with two attached hydrogens (primary N) is 1. The zero-order valence-corrected chi connectivity index (χ0v) is 23.6. The second-order valence-corrected chi connectivity index (χ2v) is 10.7. The van der Waals surface area contributed by atoms with Gasteiger partial charge in [0, 0.05) is 58.0 Å². The summed E-state index contributed by atoms with van der Waals surface area (Å²) in [4.78, 5) is 10.9. The van der Waals surface area contributed by atoms with Gasteiger partial charge in [-0.15, -0.1) is 11.3 Å². The first kappa shape index (κ1) is 29.1. The van der Waals surface area contributed by atoms with Crippen LogP contribution >= 0.6 is 11.3 Å². The molecular formula is C32H33F3N4S. The lowest BCUT2D eigenvalue weighted by Gasteiger charge is -2.17. The van der Waals surface area contributed by atoms with Crippen molar-refractivity contribution in [2.45, 2.75) is 26.2 Å². The molecule has 3 heterocycles. The predicted octanol–water partition coefficient (Wildman–Crippen LogP) is 8.04. The molecule has 0 amide bonds. The Morgan fingerprint density at radius 1 is 1.27 bits per heavy atom. The summed E-state index contributed by atoms with van der Waals surface area (Å²) in [6.07, 6.45) is 8.62. The molecule has 3 N–H and O–H groups in total. The van der Waals surface area contributed by atoms with Crippen molar-refractivity contribution in [3.8, 4) is 0 Å². The Bertz CT molecular complexity index is 1520. The smallest absolute Gasteiger partial charge is 0.261 e. The van der Waals surface area contributed by atoms with Crippen LogP contribution in [0.1, 0.15) is 46.6 Å². The van der Waals surface area contributed by atoms with Gasteiger partial charge < -0.3 is 10.7 Å². The second-order valence-electron chi connectivity index (χ2n) is 9.73. The molecule has 3 aromatic rings. The molecule has 2 aromatic heterocycles. The molecule has 1 aliphatic rings. The van der Waals surface area contributed by atoms with Gasteiger partial charge in [0.2, 0.25) is 0 Å². The number of halogens is 3. The first-order chi connectivity index (χ1) is 19.1. The number of hydrogen-bond donors (Lipinski definition) is 2. The third-order valence-corrected chi connectivity index (χ3v) is 7.74. The van der Waals surface area contributed by atoms with Gasteiger partial charge in [-0.3, -0.25) is 4.90 Å². The summed E-state index contributed by atoms with van der Waals surface area (Å²) < 4.78 is 42.6. The molecule has 1 aliphatic heterocycles. The second kappa shape index (κ2) is 12.1. The first-order valence-corrected chi connectivity index (χ1v) is 13.8. The number of aromatic nitrogens is 2. The fourth-order valence-corrected chi connectivity index (χ4v) is 5.53. The lowest BCUT2D eigenvalue weighted by Crippen LogP contribution is -2.26. The summed E-state index contributed by atoms with van der Waals surface area (Å²) in [7, 11) is 0. The molecule has 8 heteroatoms. The first-order valence-electron chi connectivity index (χ1n) is 12.9. The van der Waals surface area contributed by atoms with Gasteiger partial charge in [-0.25, -0.2) is 18.2 Å². The molecule has 0 spiro atoms. The highest BCUT2D eigenvalue weighted by molar-refractivity contribution is 7.11. The highest BCUT2D eigenvalue weighted by atomic mass is 32.1. The van der Waals surface area contributed by atoms with Gasteiger partial charge in [-0.05, 0) is 48.6 Å². The third kappa shape index (κ3) is 6.29. The van der Waals surface area contributed by atoms with Crippen molar-refractivity contribution in [3.05, 3.63) is 124 Å². The Balaban J connectivity index is 1.67. The standard InChI is InChI=1S/C32H33F3N4S/c1-6-10-24(29-11-9-14-40-29)30-21(5)37-31(38-30)20(4)25-16-26(27(33)17-28(25)36)23(8-3)15-22(7-2)18-39-13-12-32(34,35)19-39/h6-11,14-17H,1-2,4,12-13,18-19,36H2,3,5H3,(H,37,38)/b22-15+,23-8+,24-10-. The average Bonchev–Trinajstić information content (AvgIpc) is 3.65. The fraction of sp³-hybridized carbons (Fsp3) is 0.219. The Morgan fingerprint density at radius 3 is 2.65 bits per heavy atom. The third-order valence-electron chi connectivity index (χ3n) is 6.84. The maximum absolute atomic E-state index is 15.3. The van der Waals surface area contributed by atoms with Crippen molar-refractivity contribution in [2.75, 3.05) is 25.4 Å². The minimum Gasteiger partial charge on any atom is -0.398 e. The molecule has 0 unspecified atom stereocenters. The molecule has 0 atom stereocenters. The largest absolute Gasteiger partial charge is 0.398 e. The van der Waals surface area contributed by atoms with E-state index in [9.17, 15) is 8.78 Å². The molecule has 208 valence electrons. The molecule has 4 rings (SSSR count). The minimum absolute atomic E-state index is 0.169. The zero-order chi connectivity index (χ0) is 29.0. The van der Waals surface area contributed by atoms with E-state index in [2.05, 4.69) is 24.7 Å². The number of imidazole rings is 1. The molecule has 1 fully saturated rings. The van der Waals surface area contributed by atoms with Crippen molar-refractivity contribution in [3.63, 3.8) is 0 Å². The van der Waals surface area contributed by atoms with Crippen molar-refractivity contribution in [2.24, 2.45) is 0 Å². The number of nitrogen functional groups attached to an aromatic ring is 1. The number of nitrogens with one attached hydrogen (secondary N) is 1. The van der Waals surface area contributed by atoms with Gasteiger partial charge in [0.1, 0.15) is 11.6 Å². The van der Waals surface area contributed by atoms with Crippen LogP contribution in [0.5, 0.6) is 0 Å². The van der Waals surface area contributed by atoms with Crippen LogP contribution in [-0.2, 0) is 0 Å². The number of anilines is 1. The number of aryl methyl sites for hydroxylation is 1. The summed E-state index contributed by atoms with van der Waals surface area (Å²) >= 11 is 1.60. The van der Waals surface area contributed by atoms with Crippen molar-refractivity contribution >= 4 is 33.7 Å². The van der Waals surface area contributed by atoms with Crippen LogP contribution in [0.15, 0.2) is 85.3 Å². The van der Waals surface area contributed by atoms with E-state index < -0.39 is 11.7 Å². The van der Waals surface area contributed by atoms with Gasteiger partial charge >= 0.3 is 0 Å². The number of nitrogens with zero attached hydrogens (tertiary/aromatic N) is 2. The monoisotopic (exact) mass is 562 g/mol. The quantitative estimate of drug-likeness (QED) is 0.194. The fourth-order valence-electron chi connectivity index (χ4n) is 4.78. The van der Waals surface area contributed by atoms with E-state index in [0.29, 0.717) is 46.8 Å². The van der Waals surface area contributed by atoms with Crippen LogP contribution in [0.3, 0.4) is 0 Å². The number of allylic oxidation sites excluding steroid dienone is 5. The zero-order valence-electron chi connectivity index (χ0n) is 22.7. The number of likely N-dealkylation sites (tertiary alicyclic amines) is 1. The molecule has 0 saturated carbocycles. The predicted molar refractivity (Wildman–Crippen MR) is 162 cm³/mol. The number of alkyl halides is 2. The van der Waals surface area contributed by atoms with Gasteiger partial charge in [0.25, 0.3) is 5.92 Å². The lowest BCUT2D eigenvalue weighted by molar-refractivity contribution is 0.0131. The number of hydrogen-bond acceptors (Lipinski definition) is 4. The van der Waals surface area contributed by atoms with E-state index in [0.717, 1.165) is 21.8 Å². The van der Waals surface area contributed by atoms with Crippen LogP contribution in [0, 0.1) is 12.7 Å². The molecule has 4 nitrogen and oxygen atoms in total. The van der Waals surface area contributed by atoms with Gasteiger partial charge in [0.15, 0.2) is 0 Å². The van der Waals surface area contributed by atoms with Gasteiger partial charge in [0.05, 0.1) is 12.2 Å². The SMILES string of the molecule is C=C/C=C(/c1cccs1)c1nc(C(=C)c2cc(C(/C=C(\C=C)CN3CCC(F)(F)C3)=C/C)c(F)cc2N)[nH]c1C. The topological polar surface area (TPSA) is 57.9 Å². The Hall–Kier alpha value is -3.88. The lowest BCUT2D eigenvalue weighted by atomic mass is 9.95. The normalized spacial score (nSPS) is 16.4. The number of benzene rings is 1. The van der Waals surface area contributed by atoms with E-state index in [1.807, 2.05) is 30.5 Å². The Kier molecular flexibility index (Phi) is 8.81. The Morgan fingerprint density at radius 2 is 2.05 bits per heavy atom. The highest BCUT2D eigenvalue weighted by Crippen LogP contribution is 2.34. The molecule has 1 saturated heterocycles. The number of aromatic amines is 1. The van der Waals surface area contributed by atoms with Crippen LogP contribution in [0.4, 0.5) is 18.9 Å². The van der Waals surface area contributed by atoms with Crippen molar-refractivity contribution in [1.82, 2.24) is 14.9 Å². The minimum atomic E-state index is -2.69. The van der Waals surface area contributed by atoms with Crippen LogP contribution in [0.2, 0.25) is 0 Å². The number of thiophene rings is 1. The summed E-state index contributed by atoms with van der Waals surface area (Å²) in [5, 5.41) is 2.00. The number of rotatable bonds is 10. The van der Waals surface area contributed by atoms with E-state index in [1.165, 1.54) is 6.07 Å². The summed E-state index contributed by atoms with van der Waals surface area (Å²) in [5.41, 5.74) is 11.7. The van der Waals surface area contributed by atoms with Crippen LogP contribution < -0.4 is 5.73 Å². The van der Waals surface area contributed by atoms with E-state index in [1.54, 1.807) is 53.5 Å². The average molecular weight is 563 g/mol. The molecule has 0 bridgehead atoms. The highest BCUT2D eigenvalue weighted by Gasteiger charge is 2.38. The molecule has 0 radical (unpaired) electrons. The maximum Gasteiger partial charge on any atom is 0.261 e. The van der Waals surface area contributed by atoms with Crippen LogP contribution in [0.25, 0.3) is 16.7 Å². The molecule has 0 aliphatic carbocycles. The van der Waals surface area contributed by atoms with Crippen molar-refractivity contribution in [1.29, 1.82) is 0 Å².